The Balaban J connectivity index is 0.000000196. The number of ether oxygens (including phenoxy) is 4. The van der Waals surface area contributed by atoms with Crippen LogP contribution in [0.4, 0.5) is 11.6 Å². The maximum absolute atomic E-state index is 12.5. The number of likely N-dealkylation sites (tertiary alicyclic amines) is 2. The van der Waals surface area contributed by atoms with Gasteiger partial charge < -0.3 is 50.8 Å². The van der Waals surface area contributed by atoms with Crippen molar-refractivity contribution < 1.29 is 38.1 Å². The second-order valence-corrected chi connectivity index (χ2v) is 18.0. The molecule has 4 amide bonds. The largest absolute Gasteiger partial charge is 0.495 e. The topological polar surface area (TPSA) is 223 Å². The number of nitrogens with zero attached hydrogens (tertiary/aromatic N) is 6. The number of primary amides is 2. The normalized spacial score (nSPS) is 18.3. The van der Waals surface area contributed by atoms with E-state index in [4.69, 9.17) is 40.6 Å². The van der Waals surface area contributed by atoms with Crippen molar-refractivity contribution in [3.05, 3.63) is 69.6 Å². The first kappa shape index (κ1) is 47.9. The van der Waals surface area contributed by atoms with Gasteiger partial charge in [0.15, 0.2) is 0 Å². The van der Waals surface area contributed by atoms with Crippen LogP contribution in [-0.2, 0) is 9.59 Å². The molecule has 66 heavy (non-hydrogen) atoms. The predicted molar refractivity (Wildman–Crippen MR) is 257 cm³/mol. The third-order valence-electron chi connectivity index (χ3n) is 13.0. The summed E-state index contributed by atoms with van der Waals surface area (Å²) in [6, 6.07) is 7.44. The van der Waals surface area contributed by atoms with Gasteiger partial charge in [-0.3, -0.25) is 19.2 Å². The van der Waals surface area contributed by atoms with E-state index >= 15 is 0 Å². The minimum atomic E-state index is -0.549. The Kier molecular flexibility index (Phi) is 15.0. The van der Waals surface area contributed by atoms with E-state index in [0.717, 1.165) is 51.6 Å². The lowest BCUT2D eigenvalue weighted by molar-refractivity contribution is -0.128. The first-order valence-corrected chi connectivity index (χ1v) is 23.4. The molecular weight excluding hydrogens is 980 g/mol. The zero-order chi connectivity index (χ0) is 47.4. The number of fused-ring (bicyclic) bond motifs is 2. The number of amides is 4. The van der Waals surface area contributed by atoms with Crippen LogP contribution >= 0.6 is 31.9 Å². The number of aromatic nitrogens is 4. The second-order valence-electron chi connectivity index (χ2n) is 16.5. The molecule has 2 aromatic carbocycles. The van der Waals surface area contributed by atoms with Crippen LogP contribution in [0.25, 0.3) is 22.5 Å². The van der Waals surface area contributed by atoms with Crippen LogP contribution < -0.4 is 41.0 Å². The highest BCUT2D eigenvalue weighted by Crippen LogP contribution is 2.45. The summed E-state index contributed by atoms with van der Waals surface area (Å²) >= 11 is 6.96. The summed E-state index contributed by atoms with van der Waals surface area (Å²) in [5.41, 5.74) is 14.7. The van der Waals surface area contributed by atoms with Crippen LogP contribution in [0.1, 0.15) is 71.3 Å². The van der Waals surface area contributed by atoms with Crippen molar-refractivity contribution in [2.24, 2.45) is 23.3 Å². The number of carbonyl (C=O) groups excluding carboxylic acids is 4. The summed E-state index contributed by atoms with van der Waals surface area (Å²) in [6.45, 7) is 11.4. The average Bonchev–Trinajstić information content (AvgIpc) is 3.94. The molecule has 18 nitrogen and oxygen atoms in total. The highest BCUT2D eigenvalue weighted by atomic mass is 79.9. The predicted octanol–water partition coefficient (Wildman–Crippen LogP) is 6.42. The summed E-state index contributed by atoms with van der Waals surface area (Å²) in [4.78, 5) is 52.7. The molecule has 6 heterocycles. The van der Waals surface area contributed by atoms with E-state index in [1.165, 1.54) is 12.2 Å². The maximum Gasteiger partial charge on any atom is 0.254 e. The van der Waals surface area contributed by atoms with Crippen molar-refractivity contribution in [2.45, 2.75) is 50.6 Å². The van der Waals surface area contributed by atoms with Crippen molar-refractivity contribution >= 4 is 67.1 Å². The van der Waals surface area contributed by atoms with E-state index < -0.39 is 11.8 Å². The third-order valence-corrected chi connectivity index (χ3v) is 14.5. The van der Waals surface area contributed by atoms with Gasteiger partial charge in [0.05, 0.1) is 40.5 Å². The number of hydrogen-bond acceptors (Lipinski definition) is 12. The quantitative estimate of drug-likeness (QED) is 0.113. The Morgan fingerprint density at radius 3 is 1.20 bits per heavy atom. The Morgan fingerprint density at radius 2 is 0.924 bits per heavy atom. The number of halogens is 2. The molecule has 4 aliphatic rings. The Labute approximate surface area is 400 Å². The molecule has 2 unspecified atom stereocenters. The molecule has 2 fully saturated rings. The number of piperidine rings is 2. The van der Waals surface area contributed by atoms with Gasteiger partial charge >= 0.3 is 0 Å². The minimum Gasteiger partial charge on any atom is -0.495 e. The molecule has 4 aromatic rings. The molecule has 4 aliphatic heterocycles. The number of benzene rings is 2. The number of nitrogens with two attached hydrogens (primary N) is 2. The Hall–Kier alpha value is -6.02. The number of rotatable bonds is 12. The van der Waals surface area contributed by atoms with E-state index in [9.17, 15) is 19.2 Å². The maximum atomic E-state index is 12.5. The van der Waals surface area contributed by atoms with Gasteiger partial charge in [-0.2, -0.15) is 10.2 Å². The molecule has 8 rings (SSSR count). The second kappa shape index (κ2) is 20.7. The van der Waals surface area contributed by atoms with Gasteiger partial charge in [0.25, 0.3) is 11.8 Å². The van der Waals surface area contributed by atoms with Gasteiger partial charge in [-0.1, -0.05) is 13.2 Å². The summed E-state index contributed by atoms with van der Waals surface area (Å²) < 4.78 is 27.1. The number of anilines is 2. The molecule has 2 saturated heterocycles. The standard InChI is InChI=1S/2C23H28BrN5O4/c2*1-4-18(30)28-9-6-13(7-10-28)15-5-8-26-23-19(22(25)31)21(27-29(15)23)14-11-16(32-2)20(24)17(12-14)33-3/h2*4,11-13,15,26H,1,5-10H2,2-3H3,(H2,25,31). The molecule has 0 spiro atoms. The van der Waals surface area contributed by atoms with Crippen LogP contribution in [-0.4, -0.2) is 121 Å². The van der Waals surface area contributed by atoms with E-state index in [0.29, 0.717) is 115 Å². The highest BCUT2D eigenvalue weighted by Gasteiger charge is 2.38. The van der Waals surface area contributed by atoms with Crippen molar-refractivity contribution in [3.63, 3.8) is 0 Å². The summed E-state index contributed by atoms with van der Waals surface area (Å²) in [5.74, 6) is 3.04. The molecule has 2 aromatic heterocycles. The van der Waals surface area contributed by atoms with E-state index in [1.807, 2.05) is 43.4 Å². The fourth-order valence-corrected chi connectivity index (χ4v) is 10.7. The monoisotopic (exact) mass is 1030 g/mol. The number of nitrogens with one attached hydrogen (secondary N) is 2. The third kappa shape index (κ3) is 9.34. The average molecular weight is 1040 g/mol. The van der Waals surface area contributed by atoms with Crippen molar-refractivity contribution in [1.82, 2.24) is 29.4 Å². The van der Waals surface area contributed by atoms with E-state index in [2.05, 4.69) is 55.7 Å². The molecular formula is C46H56Br2N10O8. The van der Waals surface area contributed by atoms with Crippen LogP contribution in [0, 0.1) is 11.8 Å². The smallest absolute Gasteiger partial charge is 0.254 e. The zero-order valence-corrected chi connectivity index (χ0v) is 40.7. The van der Waals surface area contributed by atoms with Crippen LogP contribution in [0.2, 0.25) is 0 Å². The molecule has 0 bridgehead atoms. The summed E-state index contributed by atoms with van der Waals surface area (Å²) in [5, 5.41) is 16.4. The lowest BCUT2D eigenvalue weighted by Crippen LogP contribution is -2.41. The summed E-state index contributed by atoms with van der Waals surface area (Å²) in [7, 11) is 6.27. The van der Waals surface area contributed by atoms with Crippen molar-refractivity contribution in [3.8, 4) is 45.5 Å². The molecule has 2 atom stereocenters. The first-order valence-electron chi connectivity index (χ1n) is 21.8. The number of carbonyl (C=O) groups is 4. The van der Waals surface area contributed by atoms with Crippen LogP contribution in [0.15, 0.2) is 58.5 Å². The SMILES string of the molecule is C=CC(=O)N1CCC(C2CCNc3c(C(N)=O)c(-c4cc(OC)c(Br)c(OC)c4)nn32)CC1.C=CC(=O)N1CCC(C2CCNc3c(C(N)=O)c(-c4cc(OC)c(Br)c(OC)c4)nn32)CC1. The van der Waals surface area contributed by atoms with Crippen LogP contribution in [0.5, 0.6) is 23.0 Å². The molecule has 0 saturated carbocycles. The number of methoxy groups -OCH3 is 4. The Morgan fingerprint density at radius 1 is 0.606 bits per heavy atom. The van der Waals surface area contributed by atoms with Gasteiger partial charge in [0.2, 0.25) is 11.8 Å². The molecule has 6 N–H and O–H groups in total. The van der Waals surface area contributed by atoms with Crippen LogP contribution in [0.3, 0.4) is 0 Å². The fourth-order valence-electron chi connectivity index (χ4n) is 9.63. The van der Waals surface area contributed by atoms with Crippen molar-refractivity contribution in [2.75, 3.05) is 78.3 Å². The summed E-state index contributed by atoms with van der Waals surface area (Å²) in [6.07, 6.45) is 7.94. The fraction of sp³-hybridized carbons (Fsp3) is 0.435. The lowest BCUT2D eigenvalue weighted by Gasteiger charge is -2.38. The Bertz CT molecular complexity index is 2300. The van der Waals surface area contributed by atoms with E-state index in [1.54, 1.807) is 28.4 Å². The van der Waals surface area contributed by atoms with Gasteiger partial charge in [0.1, 0.15) is 66.1 Å². The highest BCUT2D eigenvalue weighted by molar-refractivity contribution is 9.11. The number of hydrogen-bond donors (Lipinski definition) is 4. The van der Waals surface area contributed by atoms with Gasteiger partial charge in [-0.05, 0) is 119 Å². The molecule has 0 radical (unpaired) electrons. The molecule has 352 valence electrons. The lowest BCUT2D eigenvalue weighted by atomic mass is 9.87. The molecule has 20 heteroatoms. The van der Waals surface area contributed by atoms with Gasteiger partial charge in [-0.15, -0.1) is 0 Å². The van der Waals surface area contributed by atoms with Gasteiger partial charge in [0, 0.05) is 50.4 Å². The van der Waals surface area contributed by atoms with Gasteiger partial charge in [-0.25, -0.2) is 9.36 Å². The van der Waals surface area contributed by atoms with Crippen molar-refractivity contribution in [1.29, 1.82) is 0 Å². The zero-order valence-electron chi connectivity index (χ0n) is 37.5. The minimum absolute atomic E-state index is 0.0324. The van der Waals surface area contributed by atoms with E-state index in [-0.39, 0.29) is 23.9 Å². The molecule has 0 aliphatic carbocycles. The first-order chi connectivity index (χ1) is 31.8.